The number of hydrogen-bond acceptors (Lipinski definition) is 1. The van der Waals surface area contributed by atoms with Crippen LogP contribution in [0.5, 0.6) is 0 Å². The Morgan fingerprint density at radius 1 is 1.06 bits per heavy atom. The van der Waals surface area contributed by atoms with Crippen LogP contribution in [0.15, 0.2) is 48.5 Å². The van der Waals surface area contributed by atoms with Crippen LogP contribution in [0.3, 0.4) is 0 Å². The summed E-state index contributed by atoms with van der Waals surface area (Å²) < 4.78 is 1.18. The van der Waals surface area contributed by atoms with E-state index in [9.17, 15) is 5.11 Å². The Hall–Kier alpha value is -0.870. The van der Waals surface area contributed by atoms with Crippen molar-refractivity contribution in [2.75, 3.05) is 0 Å². The van der Waals surface area contributed by atoms with Crippen molar-refractivity contribution in [3.8, 4) is 0 Å². The molecule has 94 valence electrons. The number of benzene rings is 2. The molecule has 0 aromatic heterocycles. The second-order valence-corrected chi connectivity index (χ2v) is 6.13. The van der Waals surface area contributed by atoms with E-state index in [0.717, 1.165) is 5.56 Å². The predicted molar refractivity (Wildman–Crippen MR) is 83.6 cm³/mol. The van der Waals surface area contributed by atoms with E-state index in [2.05, 4.69) is 41.6 Å². The Balaban J connectivity index is 2.27. The van der Waals surface area contributed by atoms with Crippen LogP contribution >= 0.6 is 22.6 Å². The van der Waals surface area contributed by atoms with Gasteiger partial charge in [0.1, 0.15) is 0 Å². The molecular formula is C16H17IO. The fraction of sp³-hybridized carbons (Fsp3) is 0.250. The zero-order valence-electron chi connectivity index (χ0n) is 10.7. The monoisotopic (exact) mass is 352 g/mol. The topological polar surface area (TPSA) is 20.2 Å². The summed E-state index contributed by atoms with van der Waals surface area (Å²) in [7, 11) is 0. The molecule has 0 radical (unpaired) electrons. The summed E-state index contributed by atoms with van der Waals surface area (Å²) in [5, 5.41) is 10.7. The Morgan fingerprint density at radius 2 is 1.67 bits per heavy atom. The maximum Gasteiger partial charge on any atom is 0.0908 e. The molecule has 18 heavy (non-hydrogen) atoms. The van der Waals surface area contributed by atoms with Gasteiger partial charge in [-0.1, -0.05) is 36.4 Å². The summed E-state index contributed by atoms with van der Waals surface area (Å²) in [6, 6.07) is 16.3. The van der Waals surface area contributed by atoms with Crippen molar-refractivity contribution >= 4 is 22.6 Å². The predicted octanol–water partition coefficient (Wildman–Crippen LogP) is 4.05. The molecule has 0 aliphatic heterocycles. The lowest BCUT2D eigenvalue weighted by molar-refractivity contribution is 0.0574. The van der Waals surface area contributed by atoms with Gasteiger partial charge in [-0.15, -0.1) is 0 Å². The third-order valence-electron chi connectivity index (χ3n) is 3.26. The lowest BCUT2D eigenvalue weighted by Crippen LogP contribution is -2.24. The van der Waals surface area contributed by atoms with Crippen molar-refractivity contribution in [2.24, 2.45) is 0 Å². The maximum absolute atomic E-state index is 10.7. The third kappa shape index (κ3) is 3.12. The van der Waals surface area contributed by atoms with Crippen LogP contribution in [0.2, 0.25) is 0 Å². The zero-order chi connectivity index (χ0) is 13.2. The van der Waals surface area contributed by atoms with E-state index in [4.69, 9.17) is 0 Å². The van der Waals surface area contributed by atoms with Crippen molar-refractivity contribution in [1.82, 2.24) is 0 Å². The molecule has 0 fully saturated rings. The van der Waals surface area contributed by atoms with Gasteiger partial charge in [-0.2, -0.15) is 0 Å². The molecule has 2 aromatic carbocycles. The van der Waals surface area contributed by atoms with Crippen LogP contribution in [0.25, 0.3) is 0 Å². The van der Waals surface area contributed by atoms with E-state index in [1.165, 1.54) is 14.7 Å². The van der Waals surface area contributed by atoms with Gasteiger partial charge < -0.3 is 5.11 Å². The van der Waals surface area contributed by atoms with Crippen LogP contribution in [0.1, 0.15) is 23.6 Å². The zero-order valence-corrected chi connectivity index (χ0v) is 12.8. The van der Waals surface area contributed by atoms with Crippen molar-refractivity contribution in [3.63, 3.8) is 0 Å². The van der Waals surface area contributed by atoms with Crippen molar-refractivity contribution < 1.29 is 5.11 Å². The summed E-state index contributed by atoms with van der Waals surface area (Å²) in [5.74, 6) is 0. The van der Waals surface area contributed by atoms with E-state index in [0.29, 0.717) is 6.42 Å². The van der Waals surface area contributed by atoms with Crippen molar-refractivity contribution in [2.45, 2.75) is 25.9 Å². The lowest BCUT2D eigenvalue weighted by Gasteiger charge is -2.25. The summed E-state index contributed by atoms with van der Waals surface area (Å²) in [6.07, 6.45) is 0.639. The smallest absolute Gasteiger partial charge is 0.0908 e. The third-order valence-corrected chi connectivity index (χ3v) is 3.98. The van der Waals surface area contributed by atoms with Crippen LogP contribution in [0, 0.1) is 10.5 Å². The van der Waals surface area contributed by atoms with Gasteiger partial charge in [-0.05, 0) is 65.3 Å². The Morgan fingerprint density at radius 3 is 2.28 bits per heavy atom. The second kappa shape index (κ2) is 5.41. The Labute approximate surface area is 122 Å². The SMILES string of the molecule is Cc1ccccc1CC(C)(O)c1ccc(I)cc1. The van der Waals surface area contributed by atoms with Gasteiger partial charge in [0.15, 0.2) is 0 Å². The first-order valence-corrected chi connectivity index (χ1v) is 7.10. The fourth-order valence-electron chi connectivity index (χ4n) is 2.09. The largest absolute Gasteiger partial charge is 0.385 e. The van der Waals surface area contributed by atoms with Crippen LogP contribution < -0.4 is 0 Å². The van der Waals surface area contributed by atoms with Crippen LogP contribution in [0.4, 0.5) is 0 Å². The molecule has 1 nitrogen and oxygen atoms in total. The highest BCUT2D eigenvalue weighted by atomic mass is 127. The summed E-state index contributed by atoms with van der Waals surface area (Å²) in [6.45, 7) is 3.96. The minimum Gasteiger partial charge on any atom is -0.385 e. The lowest BCUT2D eigenvalue weighted by atomic mass is 9.88. The molecule has 0 aliphatic carbocycles. The van der Waals surface area contributed by atoms with E-state index in [-0.39, 0.29) is 0 Å². The van der Waals surface area contributed by atoms with Crippen molar-refractivity contribution in [1.29, 1.82) is 0 Å². The summed E-state index contributed by atoms with van der Waals surface area (Å²) >= 11 is 2.27. The van der Waals surface area contributed by atoms with Gasteiger partial charge in [0.25, 0.3) is 0 Å². The molecule has 0 amide bonds. The molecule has 0 spiro atoms. The van der Waals surface area contributed by atoms with E-state index in [1.54, 1.807) is 0 Å². The average Bonchev–Trinajstić information content (AvgIpc) is 2.32. The quantitative estimate of drug-likeness (QED) is 0.827. The van der Waals surface area contributed by atoms with Crippen molar-refractivity contribution in [3.05, 3.63) is 68.8 Å². The van der Waals surface area contributed by atoms with Gasteiger partial charge in [-0.3, -0.25) is 0 Å². The van der Waals surface area contributed by atoms with Gasteiger partial charge >= 0.3 is 0 Å². The molecule has 0 heterocycles. The fourth-order valence-corrected chi connectivity index (χ4v) is 2.45. The molecule has 2 heteroatoms. The molecule has 1 unspecified atom stereocenters. The number of halogens is 1. The van der Waals surface area contributed by atoms with Gasteiger partial charge in [0.05, 0.1) is 5.60 Å². The highest BCUT2D eigenvalue weighted by Crippen LogP contribution is 2.27. The molecule has 0 aliphatic rings. The molecule has 0 saturated carbocycles. The normalized spacial score (nSPS) is 14.2. The number of rotatable bonds is 3. The standard InChI is InChI=1S/C16H17IO/c1-12-5-3-4-6-13(12)11-16(2,18)14-7-9-15(17)10-8-14/h3-10,18H,11H2,1-2H3. The number of aryl methyl sites for hydroxylation is 1. The average molecular weight is 352 g/mol. The summed E-state index contributed by atoms with van der Waals surface area (Å²) in [5.41, 5.74) is 2.56. The molecule has 1 N–H and O–H groups in total. The Kier molecular flexibility index (Phi) is 4.07. The van der Waals surface area contributed by atoms with Gasteiger partial charge in [0.2, 0.25) is 0 Å². The molecule has 1 atom stereocenters. The van der Waals surface area contributed by atoms with Gasteiger partial charge in [0, 0.05) is 9.99 Å². The molecule has 0 bridgehead atoms. The number of hydrogen-bond donors (Lipinski definition) is 1. The second-order valence-electron chi connectivity index (χ2n) is 4.88. The van der Waals surface area contributed by atoms with E-state index >= 15 is 0 Å². The van der Waals surface area contributed by atoms with E-state index < -0.39 is 5.60 Å². The van der Waals surface area contributed by atoms with Gasteiger partial charge in [-0.25, -0.2) is 0 Å². The molecule has 2 rings (SSSR count). The molecular weight excluding hydrogens is 335 g/mol. The van der Waals surface area contributed by atoms with Crippen LogP contribution in [-0.2, 0) is 12.0 Å². The van der Waals surface area contributed by atoms with E-state index in [1.807, 2.05) is 43.3 Å². The maximum atomic E-state index is 10.7. The summed E-state index contributed by atoms with van der Waals surface area (Å²) in [4.78, 5) is 0. The Bertz CT molecular complexity index is 529. The first-order chi connectivity index (χ1) is 8.49. The molecule has 0 saturated heterocycles. The first-order valence-electron chi connectivity index (χ1n) is 6.02. The first kappa shape index (κ1) is 13.6. The van der Waals surface area contributed by atoms with Crippen LogP contribution in [-0.4, -0.2) is 5.11 Å². The highest BCUT2D eigenvalue weighted by Gasteiger charge is 2.23. The minimum atomic E-state index is -0.823. The minimum absolute atomic E-state index is 0.639. The molecule has 2 aromatic rings. The number of aliphatic hydroxyl groups is 1. The highest BCUT2D eigenvalue weighted by molar-refractivity contribution is 14.1.